The number of nitrogens with one attached hydrogen (secondary N) is 1. The fraction of sp³-hybridized carbons (Fsp3) is 0.417. The molecule has 0 radical (unpaired) electrons. The first kappa shape index (κ1) is 12.5. The van der Waals surface area contributed by atoms with Crippen LogP contribution < -0.4 is 11.1 Å². The van der Waals surface area contributed by atoms with Crippen LogP contribution in [0.3, 0.4) is 0 Å². The second kappa shape index (κ2) is 5.57. The average Bonchev–Trinajstić information content (AvgIpc) is 2.29. The lowest BCUT2D eigenvalue weighted by atomic mass is 10.1. The SMILES string of the molecule is NC(=O)N1CCC(Nc2cccc(I)c2)CC1. The number of hydrogen-bond donors (Lipinski definition) is 2. The van der Waals surface area contributed by atoms with Crippen LogP contribution in [0.1, 0.15) is 12.8 Å². The van der Waals surface area contributed by atoms with E-state index in [1.807, 2.05) is 6.07 Å². The Morgan fingerprint density at radius 2 is 2.12 bits per heavy atom. The van der Waals surface area contributed by atoms with E-state index in [-0.39, 0.29) is 6.03 Å². The normalized spacial score (nSPS) is 16.9. The zero-order valence-electron chi connectivity index (χ0n) is 9.53. The molecule has 92 valence electrons. The summed E-state index contributed by atoms with van der Waals surface area (Å²) in [6, 6.07) is 8.44. The fourth-order valence-corrected chi connectivity index (χ4v) is 2.60. The lowest BCUT2D eigenvalue weighted by molar-refractivity contribution is 0.193. The number of benzene rings is 1. The molecule has 0 bridgehead atoms. The van der Waals surface area contributed by atoms with Crippen LogP contribution in [-0.2, 0) is 0 Å². The van der Waals surface area contributed by atoms with Crippen molar-refractivity contribution in [3.63, 3.8) is 0 Å². The third-order valence-corrected chi connectivity index (χ3v) is 3.67. The summed E-state index contributed by atoms with van der Waals surface area (Å²) in [6.07, 6.45) is 1.91. The molecule has 1 aliphatic heterocycles. The summed E-state index contributed by atoms with van der Waals surface area (Å²) in [4.78, 5) is 12.7. The molecule has 17 heavy (non-hydrogen) atoms. The maximum Gasteiger partial charge on any atom is 0.314 e. The van der Waals surface area contributed by atoms with E-state index in [4.69, 9.17) is 5.73 Å². The standard InChI is InChI=1S/C12H16IN3O/c13-9-2-1-3-11(8-9)15-10-4-6-16(7-5-10)12(14)17/h1-3,8,10,15H,4-7H2,(H2,14,17). The van der Waals surface area contributed by atoms with Crippen LogP contribution in [-0.4, -0.2) is 30.1 Å². The third-order valence-electron chi connectivity index (χ3n) is 3.00. The number of nitrogens with two attached hydrogens (primary N) is 1. The minimum Gasteiger partial charge on any atom is -0.382 e. The first-order valence-corrected chi connectivity index (χ1v) is 6.79. The summed E-state index contributed by atoms with van der Waals surface area (Å²) in [5, 5.41) is 3.50. The van der Waals surface area contributed by atoms with E-state index in [0.29, 0.717) is 6.04 Å². The Hall–Kier alpha value is -0.980. The molecule has 1 aromatic rings. The van der Waals surface area contributed by atoms with Gasteiger partial charge < -0.3 is 16.0 Å². The van der Waals surface area contributed by atoms with Crippen molar-refractivity contribution in [1.82, 2.24) is 4.90 Å². The van der Waals surface area contributed by atoms with Gasteiger partial charge >= 0.3 is 6.03 Å². The molecule has 0 spiro atoms. The topological polar surface area (TPSA) is 58.4 Å². The van der Waals surface area contributed by atoms with Crippen LogP contribution in [0.2, 0.25) is 0 Å². The number of carbonyl (C=O) groups is 1. The van der Waals surface area contributed by atoms with Crippen molar-refractivity contribution in [3.05, 3.63) is 27.8 Å². The molecule has 1 heterocycles. The van der Waals surface area contributed by atoms with Crippen molar-refractivity contribution in [2.24, 2.45) is 5.73 Å². The van der Waals surface area contributed by atoms with Gasteiger partial charge in [-0.05, 0) is 53.6 Å². The van der Waals surface area contributed by atoms with Crippen molar-refractivity contribution in [3.8, 4) is 0 Å². The number of halogens is 1. The van der Waals surface area contributed by atoms with Gasteiger partial charge in [0.2, 0.25) is 0 Å². The van der Waals surface area contributed by atoms with Crippen LogP contribution in [0.15, 0.2) is 24.3 Å². The van der Waals surface area contributed by atoms with Crippen molar-refractivity contribution in [2.45, 2.75) is 18.9 Å². The lowest BCUT2D eigenvalue weighted by Crippen LogP contribution is -2.44. The molecular weight excluding hydrogens is 329 g/mol. The molecule has 1 aromatic carbocycles. The number of piperidine rings is 1. The van der Waals surface area contributed by atoms with Gasteiger partial charge in [0.1, 0.15) is 0 Å². The van der Waals surface area contributed by atoms with E-state index < -0.39 is 0 Å². The van der Waals surface area contributed by atoms with Crippen molar-refractivity contribution >= 4 is 34.3 Å². The Morgan fingerprint density at radius 3 is 2.71 bits per heavy atom. The van der Waals surface area contributed by atoms with Gasteiger partial charge in [-0.3, -0.25) is 0 Å². The number of primary amides is 1. The van der Waals surface area contributed by atoms with Crippen LogP contribution in [0.5, 0.6) is 0 Å². The zero-order valence-corrected chi connectivity index (χ0v) is 11.7. The maximum atomic E-state index is 11.0. The van der Waals surface area contributed by atoms with Crippen molar-refractivity contribution < 1.29 is 4.79 Å². The van der Waals surface area contributed by atoms with Gasteiger partial charge in [0, 0.05) is 28.4 Å². The minimum atomic E-state index is -0.308. The molecule has 3 N–H and O–H groups in total. The molecule has 0 atom stereocenters. The number of rotatable bonds is 2. The highest BCUT2D eigenvalue weighted by Gasteiger charge is 2.20. The molecule has 0 unspecified atom stereocenters. The van der Waals surface area contributed by atoms with Crippen LogP contribution in [0.4, 0.5) is 10.5 Å². The van der Waals surface area contributed by atoms with E-state index in [1.165, 1.54) is 3.57 Å². The molecule has 2 rings (SSSR count). The molecule has 0 aliphatic carbocycles. The van der Waals surface area contributed by atoms with Crippen LogP contribution in [0, 0.1) is 3.57 Å². The number of carbonyl (C=O) groups excluding carboxylic acids is 1. The minimum absolute atomic E-state index is 0.308. The largest absolute Gasteiger partial charge is 0.382 e. The quantitative estimate of drug-likeness (QED) is 0.808. The highest BCUT2D eigenvalue weighted by atomic mass is 127. The van der Waals surface area contributed by atoms with Gasteiger partial charge in [-0.1, -0.05) is 6.07 Å². The fourth-order valence-electron chi connectivity index (χ4n) is 2.06. The Morgan fingerprint density at radius 1 is 1.41 bits per heavy atom. The number of likely N-dealkylation sites (tertiary alicyclic amines) is 1. The predicted octanol–water partition coefficient (Wildman–Crippen LogP) is 2.25. The summed E-state index contributed by atoms with van der Waals surface area (Å²) in [5.41, 5.74) is 6.40. The van der Waals surface area contributed by atoms with Crippen LogP contribution >= 0.6 is 22.6 Å². The average molecular weight is 345 g/mol. The summed E-state index contributed by atoms with van der Waals surface area (Å²) < 4.78 is 1.22. The Labute approximate surface area is 115 Å². The first-order valence-electron chi connectivity index (χ1n) is 5.71. The highest BCUT2D eigenvalue weighted by Crippen LogP contribution is 2.18. The summed E-state index contributed by atoms with van der Waals surface area (Å²) >= 11 is 2.30. The van der Waals surface area contributed by atoms with Gasteiger partial charge in [0.25, 0.3) is 0 Å². The smallest absolute Gasteiger partial charge is 0.314 e. The zero-order chi connectivity index (χ0) is 12.3. The number of amides is 2. The Bertz CT molecular complexity index is 402. The van der Waals surface area contributed by atoms with E-state index in [2.05, 4.69) is 46.1 Å². The summed E-state index contributed by atoms with van der Waals surface area (Å²) in [5.74, 6) is 0. The maximum absolute atomic E-state index is 11.0. The molecule has 2 amide bonds. The van der Waals surface area contributed by atoms with Gasteiger partial charge in [0.05, 0.1) is 0 Å². The second-order valence-electron chi connectivity index (χ2n) is 4.25. The monoisotopic (exact) mass is 345 g/mol. The molecule has 0 aromatic heterocycles. The Balaban J connectivity index is 1.88. The van der Waals surface area contributed by atoms with Gasteiger partial charge in [-0.15, -0.1) is 0 Å². The predicted molar refractivity (Wildman–Crippen MR) is 77.0 cm³/mol. The second-order valence-corrected chi connectivity index (χ2v) is 5.50. The Kier molecular flexibility index (Phi) is 4.09. The van der Waals surface area contributed by atoms with Crippen LogP contribution in [0.25, 0.3) is 0 Å². The summed E-state index contributed by atoms with van der Waals surface area (Å²) in [6.45, 7) is 1.49. The number of urea groups is 1. The molecule has 1 saturated heterocycles. The molecule has 0 saturated carbocycles. The van der Waals surface area contributed by atoms with Crippen molar-refractivity contribution in [1.29, 1.82) is 0 Å². The number of hydrogen-bond acceptors (Lipinski definition) is 2. The number of anilines is 1. The van der Waals surface area contributed by atoms with E-state index in [9.17, 15) is 4.79 Å². The highest BCUT2D eigenvalue weighted by molar-refractivity contribution is 14.1. The third kappa shape index (κ3) is 3.49. The van der Waals surface area contributed by atoms with E-state index in [0.717, 1.165) is 31.6 Å². The summed E-state index contributed by atoms with van der Waals surface area (Å²) in [7, 11) is 0. The van der Waals surface area contributed by atoms with Crippen molar-refractivity contribution in [2.75, 3.05) is 18.4 Å². The molecular formula is C12H16IN3O. The van der Waals surface area contributed by atoms with E-state index >= 15 is 0 Å². The van der Waals surface area contributed by atoms with Gasteiger partial charge in [-0.2, -0.15) is 0 Å². The molecule has 1 aliphatic rings. The molecule has 1 fully saturated rings. The lowest BCUT2D eigenvalue weighted by Gasteiger charge is -2.31. The van der Waals surface area contributed by atoms with Gasteiger partial charge in [0.15, 0.2) is 0 Å². The number of nitrogens with zero attached hydrogens (tertiary/aromatic N) is 1. The van der Waals surface area contributed by atoms with Gasteiger partial charge in [-0.25, -0.2) is 4.79 Å². The molecule has 4 nitrogen and oxygen atoms in total. The van der Waals surface area contributed by atoms with E-state index in [1.54, 1.807) is 4.90 Å². The molecule has 5 heteroatoms. The first-order chi connectivity index (χ1) is 8.15.